The quantitative estimate of drug-likeness (QED) is 0.379. The summed E-state index contributed by atoms with van der Waals surface area (Å²) in [4.78, 5) is 8.35. The predicted octanol–water partition coefficient (Wildman–Crippen LogP) is 3.01. The number of piperidine rings is 1. The first kappa shape index (κ1) is 14.9. The number of aromatic nitrogens is 2. The summed E-state index contributed by atoms with van der Waals surface area (Å²) in [7, 11) is 0. The van der Waals surface area contributed by atoms with Crippen LogP contribution in [0.15, 0.2) is 11.2 Å². The summed E-state index contributed by atoms with van der Waals surface area (Å²) in [6.45, 7) is 3.01. The molecular formula is C13H20ClN3OS. The highest BCUT2D eigenvalue weighted by Crippen LogP contribution is 2.20. The lowest BCUT2D eigenvalue weighted by Crippen LogP contribution is -2.29. The Kier molecular flexibility index (Phi) is 6.20. The Hall–Kier alpha value is -0.520. The van der Waals surface area contributed by atoms with Crippen LogP contribution in [0.25, 0.3) is 0 Å². The van der Waals surface area contributed by atoms with E-state index in [1.54, 1.807) is 6.07 Å². The lowest BCUT2D eigenvalue weighted by atomic mass is 9.95. The van der Waals surface area contributed by atoms with E-state index >= 15 is 0 Å². The van der Waals surface area contributed by atoms with Crippen LogP contribution in [0.2, 0.25) is 5.15 Å². The molecule has 1 aromatic heterocycles. The van der Waals surface area contributed by atoms with Gasteiger partial charge in [-0.15, -0.1) is 0 Å². The summed E-state index contributed by atoms with van der Waals surface area (Å²) in [5.41, 5.74) is 0. The smallest absolute Gasteiger partial charge is 0.218 e. The van der Waals surface area contributed by atoms with Crippen molar-refractivity contribution in [2.45, 2.75) is 30.8 Å². The van der Waals surface area contributed by atoms with Crippen molar-refractivity contribution >= 4 is 23.4 Å². The van der Waals surface area contributed by atoms with Crippen molar-refractivity contribution in [2.75, 3.05) is 26.0 Å². The molecule has 6 heteroatoms. The lowest BCUT2D eigenvalue weighted by Gasteiger charge is -2.22. The van der Waals surface area contributed by atoms with Gasteiger partial charge >= 0.3 is 0 Å². The molecule has 1 aliphatic rings. The van der Waals surface area contributed by atoms with Crippen molar-refractivity contribution in [1.82, 2.24) is 15.3 Å². The van der Waals surface area contributed by atoms with Crippen LogP contribution in [0.3, 0.4) is 0 Å². The number of ether oxygens (including phenoxy) is 1. The summed E-state index contributed by atoms with van der Waals surface area (Å²) in [5, 5.41) is 4.52. The number of nitrogens with one attached hydrogen (secondary N) is 1. The van der Waals surface area contributed by atoms with E-state index in [4.69, 9.17) is 16.3 Å². The van der Waals surface area contributed by atoms with Crippen LogP contribution in [-0.2, 0) is 0 Å². The lowest BCUT2D eigenvalue weighted by molar-refractivity contribution is 0.266. The molecule has 2 rings (SSSR count). The van der Waals surface area contributed by atoms with Crippen LogP contribution in [0.5, 0.6) is 5.88 Å². The molecule has 0 bridgehead atoms. The van der Waals surface area contributed by atoms with Crippen LogP contribution < -0.4 is 10.1 Å². The molecule has 0 amide bonds. The maximum atomic E-state index is 5.91. The van der Waals surface area contributed by atoms with Gasteiger partial charge in [0, 0.05) is 6.07 Å². The van der Waals surface area contributed by atoms with Gasteiger partial charge in [0.15, 0.2) is 5.16 Å². The Morgan fingerprint density at radius 3 is 3.16 bits per heavy atom. The van der Waals surface area contributed by atoms with Crippen molar-refractivity contribution < 1.29 is 4.74 Å². The molecule has 19 heavy (non-hydrogen) atoms. The summed E-state index contributed by atoms with van der Waals surface area (Å²) in [6, 6.07) is 1.67. The van der Waals surface area contributed by atoms with Crippen LogP contribution in [0.4, 0.5) is 0 Å². The molecule has 1 saturated heterocycles. The van der Waals surface area contributed by atoms with Gasteiger partial charge in [0.05, 0.1) is 6.61 Å². The molecule has 0 saturated carbocycles. The molecule has 1 unspecified atom stereocenters. The van der Waals surface area contributed by atoms with Crippen molar-refractivity contribution in [2.24, 2.45) is 5.92 Å². The van der Waals surface area contributed by atoms with Gasteiger partial charge in [0.25, 0.3) is 0 Å². The third kappa shape index (κ3) is 5.16. The van der Waals surface area contributed by atoms with E-state index in [9.17, 15) is 0 Å². The van der Waals surface area contributed by atoms with Gasteiger partial charge in [-0.3, -0.25) is 0 Å². The first-order chi connectivity index (χ1) is 9.28. The van der Waals surface area contributed by atoms with Crippen molar-refractivity contribution in [3.63, 3.8) is 0 Å². The van der Waals surface area contributed by atoms with E-state index in [-0.39, 0.29) is 0 Å². The molecule has 0 spiro atoms. The van der Waals surface area contributed by atoms with Crippen molar-refractivity contribution in [3.05, 3.63) is 11.2 Å². The molecule has 0 radical (unpaired) electrons. The Morgan fingerprint density at radius 1 is 1.53 bits per heavy atom. The van der Waals surface area contributed by atoms with Gasteiger partial charge in [-0.25, -0.2) is 4.98 Å². The second-order valence-corrected chi connectivity index (χ2v) is 5.88. The van der Waals surface area contributed by atoms with Gasteiger partial charge in [0.2, 0.25) is 5.88 Å². The van der Waals surface area contributed by atoms with E-state index < -0.39 is 0 Å². The zero-order valence-electron chi connectivity index (χ0n) is 11.2. The number of thioether (sulfide) groups is 1. The average Bonchev–Trinajstić information content (AvgIpc) is 2.44. The van der Waals surface area contributed by atoms with Crippen LogP contribution in [0, 0.1) is 5.92 Å². The van der Waals surface area contributed by atoms with Crippen molar-refractivity contribution in [3.8, 4) is 5.88 Å². The summed E-state index contributed by atoms with van der Waals surface area (Å²) in [6.07, 6.45) is 6.82. The van der Waals surface area contributed by atoms with Gasteiger partial charge in [0.1, 0.15) is 5.15 Å². The number of hydrogen-bond acceptors (Lipinski definition) is 5. The SMILES string of the molecule is CSc1nc(Cl)cc(OCCCC2CCCNC2)n1. The zero-order chi connectivity index (χ0) is 13.5. The Bertz CT molecular complexity index is 399. The van der Waals surface area contributed by atoms with E-state index in [0.717, 1.165) is 18.9 Å². The normalized spacial score (nSPS) is 19.4. The van der Waals surface area contributed by atoms with E-state index in [0.29, 0.717) is 22.8 Å². The first-order valence-electron chi connectivity index (χ1n) is 6.70. The minimum atomic E-state index is 0.436. The Morgan fingerprint density at radius 2 is 2.42 bits per heavy atom. The molecule has 1 fully saturated rings. The second-order valence-electron chi connectivity index (χ2n) is 4.72. The van der Waals surface area contributed by atoms with E-state index in [2.05, 4.69) is 15.3 Å². The molecule has 1 aromatic rings. The molecule has 2 heterocycles. The highest BCUT2D eigenvalue weighted by molar-refractivity contribution is 7.98. The molecule has 1 N–H and O–H groups in total. The third-order valence-corrected chi connectivity index (χ3v) is 3.98. The fraction of sp³-hybridized carbons (Fsp3) is 0.692. The van der Waals surface area contributed by atoms with Gasteiger partial charge < -0.3 is 10.1 Å². The maximum absolute atomic E-state index is 5.91. The second kappa shape index (κ2) is 7.92. The third-order valence-electron chi connectivity index (χ3n) is 3.24. The average molecular weight is 302 g/mol. The first-order valence-corrected chi connectivity index (χ1v) is 8.30. The molecule has 106 valence electrons. The Labute approximate surface area is 123 Å². The van der Waals surface area contributed by atoms with Gasteiger partial charge in [-0.05, 0) is 50.9 Å². The molecule has 1 aliphatic heterocycles. The summed E-state index contributed by atoms with van der Waals surface area (Å²) >= 11 is 7.37. The Balaban J connectivity index is 1.71. The minimum Gasteiger partial charge on any atom is -0.478 e. The van der Waals surface area contributed by atoms with Crippen LogP contribution >= 0.6 is 23.4 Å². The van der Waals surface area contributed by atoms with Gasteiger partial charge in [-0.1, -0.05) is 23.4 Å². The molecule has 1 atom stereocenters. The minimum absolute atomic E-state index is 0.436. The fourth-order valence-corrected chi connectivity index (χ4v) is 2.86. The van der Waals surface area contributed by atoms with E-state index in [1.807, 2.05) is 6.26 Å². The monoisotopic (exact) mass is 301 g/mol. The standard InChI is InChI=1S/C13H20ClN3OS/c1-19-13-16-11(14)8-12(17-13)18-7-3-5-10-4-2-6-15-9-10/h8,10,15H,2-7,9H2,1H3. The highest BCUT2D eigenvalue weighted by Gasteiger charge is 2.12. The van der Waals surface area contributed by atoms with Crippen LogP contribution in [0.1, 0.15) is 25.7 Å². The topological polar surface area (TPSA) is 47.0 Å². The predicted molar refractivity (Wildman–Crippen MR) is 79.1 cm³/mol. The zero-order valence-corrected chi connectivity index (χ0v) is 12.8. The van der Waals surface area contributed by atoms with E-state index in [1.165, 1.54) is 37.6 Å². The molecular weight excluding hydrogens is 282 g/mol. The number of halogens is 1. The highest BCUT2D eigenvalue weighted by atomic mass is 35.5. The number of nitrogens with zero attached hydrogens (tertiary/aromatic N) is 2. The summed E-state index contributed by atoms with van der Waals surface area (Å²) in [5.74, 6) is 1.37. The van der Waals surface area contributed by atoms with Crippen molar-refractivity contribution in [1.29, 1.82) is 0 Å². The maximum Gasteiger partial charge on any atom is 0.218 e. The number of hydrogen-bond donors (Lipinski definition) is 1. The summed E-state index contributed by atoms with van der Waals surface area (Å²) < 4.78 is 5.65. The molecule has 4 nitrogen and oxygen atoms in total. The van der Waals surface area contributed by atoms with Gasteiger partial charge in [-0.2, -0.15) is 4.98 Å². The number of rotatable bonds is 6. The largest absolute Gasteiger partial charge is 0.478 e. The fourth-order valence-electron chi connectivity index (χ4n) is 2.26. The molecule has 0 aliphatic carbocycles. The van der Waals surface area contributed by atoms with Crippen LogP contribution in [-0.4, -0.2) is 35.9 Å². The molecule has 0 aromatic carbocycles.